The van der Waals surface area contributed by atoms with Crippen molar-refractivity contribution in [2.24, 2.45) is 5.73 Å². The van der Waals surface area contributed by atoms with Crippen molar-refractivity contribution in [2.45, 2.75) is 12.3 Å². The second kappa shape index (κ2) is 7.48. The molecule has 0 saturated carbocycles. The Bertz CT molecular complexity index is 1190. The Morgan fingerprint density at radius 1 is 1.07 bits per heavy atom. The summed E-state index contributed by atoms with van der Waals surface area (Å²) in [6.45, 7) is 0.0316. The van der Waals surface area contributed by atoms with Crippen molar-refractivity contribution in [3.63, 3.8) is 0 Å². The molecule has 4 rings (SSSR count). The van der Waals surface area contributed by atoms with Crippen molar-refractivity contribution in [2.75, 3.05) is 6.61 Å². The number of fused-ring (bicyclic) bond motifs is 3. The predicted molar refractivity (Wildman–Crippen MR) is 108 cm³/mol. The largest absolute Gasteiger partial charge is 0.440 e. The van der Waals surface area contributed by atoms with Gasteiger partial charge in [-0.15, -0.1) is 0 Å². The molecule has 3 aromatic rings. The number of rotatable bonds is 2. The third kappa shape index (κ3) is 3.07. The van der Waals surface area contributed by atoms with Crippen molar-refractivity contribution >= 4 is 10.8 Å². The summed E-state index contributed by atoms with van der Waals surface area (Å²) in [5.74, 6) is 6.46. The minimum Gasteiger partial charge on any atom is -0.440 e. The van der Waals surface area contributed by atoms with E-state index in [9.17, 15) is 5.26 Å². The zero-order valence-corrected chi connectivity index (χ0v) is 15.1. The smallest absolute Gasteiger partial charge is 0.205 e. The molecule has 4 nitrogen and oxygen atoms in total. The molecule has 0 aromatic heterocycles. The Morgan fingerprint density at radius 3 is 2.75 bits per heavy atom. The van der Waals surface area contributed by atoms with Crippen LogP contribution in [0.3, 0.4) is 0 Å². The van der Waals surface area contributed by atoms with E-state index in [-0.39, 0.29) is 18.4 Å². The Morgan fingerprint density at radius 2 is 1.93 bits per heavy atom. The van der Waals surface area contributed by atoms with E-state index in [0.717, 1.165) is 27.5 Å². The highest BCUT2D eigenvalue weighted by atomic mass is 16.5. The van der Waals surface area contributed by atoms with Crippen LogP contribution < -0.4 is 10.5 Å². The molecule has 0 spiro atoms. The van der Waals surface area contributed by atoms with Crippen LogP contribution in [0.4, 0.5) is 0 Å². The highest BCUT2D eigenvalue weighted by molar-refractivity contribution is 5.90. The van der Waals surface area contributed by atoms with Gasteiger partial charge in [-0.1, -0.05) is 54.3 Å². The Hall–Kier alpha value is -3.73. The van der Waals surface area contributed by atoms with Gasteiger partial charge < -0.3 is 15.6 Å². The number of hydrogen-bond donors (Lipinski definition) is 2. The lowest BCUT2D eigenvalue weighted by Gasteiger charge is -2.28. The molecule has 3 N–H and O–H groups in total. The van der Waals surface area contributed by atoms with Crippen LogP contribution in [0.25, 0.3) is 10.8 Å². The van der Waals surface area contributed by atoms with Crippen LogP contribution in [-0.2, 0) is 0 Å². The van der Waals surface area contributed by atoms with Gasteiger partial charge in [0, 0.05) is 17.5 Å². The third-order valence-electron chi connectivity index (χ3n) is 4.80. The molecule has 136 valence electrons. The van der Waals surface area contributed by atoms with Crippen molar-refractivity contribution in [1.82, 2.24) is 0 Å². The number of nitriles is 1. The molecule has 0 radical (unpaired) electrons. The zero-order chi connectivity index (χ0) is 19.5. The maximum atomic E-state index is 9.81. The van der Waals surface area contributed by atoms with E-state index in [2.05, 4.69) is 17.9 Å². The molecule has 1 aliphatic rings. The molecule has 0 bridgehead atoms. The predicted octanol–water partition coefficient (Wildman–Crippen LogP) is 3.79. The van der Waals surface area contributed by atoms with Crippen molar-refractivity contribution in [1.29, 1.82) is 5.26 Å². The maximum Gasteiger partial charge on any atom is 0.205 e. The first-order valence-corrected chi connectivity index (χ1v) is 9.02. The summed E-state index contributed by atoms with van der Waals surface area (Å²) in [4.78, 5) is 0. The second-order valence-electron chi connectivity index (χ2n) is 6.52. The van der Waals surface area contributed by atoms with Gasteiger partial charge in [-0.05, 0) is 34.5 Å². The normalized spacial score (nSPS) is 15.2. The number of ether oxygens (including phenoxy) is 1. The van der Waals surface area contributed by atoms with Crippen LogP contribution in [0.5, 0.6) is 5.75 Å². The number of nitrogens with two attached hydrogens (primary N) is 1. The summed E-state index contributed by atoms with van der Waals surface area (Å²) in [5, 5.41) is 20.9. The summed E-state index contributed by atoms with van der Waals surface area (Å²) < 4.78 is 5.78. The highest BCUT2D eigenvalue weighted by Crippen LogP contribution is 2.45. The van der Waals surface area contributed by atoms with Crippen molar-refractivity contribution in [3.05, 3.63) is 88.8 Å². The molecule has 1 aliphatic heterocycles. The molecule has 1 heterocycles. The summed E-state index contributed by atoms with van der Waals surface area (Å²) in [5.41, 5.74) is 9.17. The molecule has 0 aliphatic carbocycles. The van der Waals surface area contributed by atoms with Gasteiger partial charge in [-0.3, -0.25) is 0 Å². The number of aliphatic hydroxyl groups excluding tert-OH is 1. The summed E-state index contributed by atoms with van der Waals surface area (Å²) in [6.07, 6.45) is 0.422. The summed E-state index contributed by atoms with van der Waals surface area (Å²) in [6, 6.07) is 21.9. The fourth-order valence-electron chi connectivity index (χ4n) is 3.59. The number of aliphatic hydroxyl groups is 1. The SMILES string of the molecule is N#CC1=C(N)Oc2ccc3ccccc3c2C1c1cccc(C#CCCO)c1. The molecular weight excluding hydrogens is 348 g/mol. The minimum atomic E-state index is -0.334. The van der Waals surface area contributed by atoms with E-state index in [1.54, 1.807) is 0 Å². The first kappa shape index (κ1) is 17.7. The van der Waals surface area contributed by atoms with E-state index in [1.165, 1.54) is 0 Å². The first-order chi connectivity index (χ1) is 13.7. The van der Waals surface area contributed by atoms with E-state index in [0.29, 0.717) is 17.7 Å². The van der Waals surface area contributed by atoms with Crippen LogP contribution in [0.1, 0.15) is 29.0 Å². The number of hydrogen-bond acceptors (Lipinski definition) is 4. The van der Waals surface area contributed by atoms with Gasteiger partial charge in [0.2, 0.25) is 5.88 Å². The van der Waals surface area contributed by atoms with E-state index >= 15 is 0 Å². The molecule has 1 unspecified atom stereocenters. The lowest BCUT2D eigenvalue weighted by molar-refractivity contribution is 0.305. The summed E-state index contributed by atoms with van der Waals surface area (Å²) in [7, 11) is 0. The number of allylic oxidation sites excluding steroid dienone is 1. The molecule has 0 amide bonds. The second-order valence-corrected chi connectivity index (χ2v) is 6.52. The van der Waals surface area contributed by atoms with Crippen LogP contribution in [-0.4, -0.2) is 11.7 Å². The highest BCUT2D eigenvalue weighted by Gasteiger charge is 2.32. The lowest BCUT2D eigenvalue weighted by Crippen LogP contribution is -2.21. The molecule has 1 atom stereocenters. The topological polar surface area (TPSA) is 79.3 Å². The molecule has 0 fully saturated rings. The monoisotopic (exact) mass is 366 g/mol. The fraction of sp³-hybridized carbons (Fsp3) is 0.125. The van der Waals surface area contributed by atoms with Crippen LogP contribution in [0.15, 0.2) is 72.1 Å². The maximum absolute atomic E-state index is 9.81. The zero-order valence-electron chi connectivity index (χ0n) is 15.1. The van der Waals surface area contributed by atoms with Gasteiger partial charge in [0.05, 0.1) is 12.5 Å². The minimum absolute atomic E-state index is 0.0316. The van der Waals surface area contributed by atoms with Crippen LogP contribution in [0, 0.1) is 23.2 Å². The average molecular weight is 366 g/mol. The van der Waals surface area contributed by atoms with Crippen LogP contribution in [0.2, 0.25) is 0 Å². The Labute approximate surface area is 163 Å². The first-order valence-electron chi connectivity index (χ1n) is 9.02. The third-order valence-corrected chi connectivity index (χ3v) is 4.80. The van der Waals surface area contributed by atoms with E-state index < -0.39 is 0 Å². The van der Waals surface area contributed by atoms with Gasteiger partial charge in [-0.2, -0.15) is 5.26 Å². The van der Waals surface area contributed by atoms with Gasteiger partial charge >= 0.3 is 0 Å². The molecule has 4 heteroatoms. The van der Waals surface area contributed by atoms with Gasteiger partial charge in [0.1, 0.15) is 17.4 Å². The molecule has 28 heavy (non-hydrogen) atoms. The molecule has 0 saturated heterocycles. The van der Waals surface area contributed by atoms with Crippen molar-refractivity contribution < 1.29 is 9.84 Å². The Balaban J connectivity index is 1.94. The molecular formula is C24H18N2O2. The standard InChI is InChI=1S/C24H18N2O2/c25-15-20-22(18-9-5-7-16(14-18)6-3-4-13-27)23-19-10-2-1-8-17(19)11-12-21(23)28-24(20)26/h1-2,5,7-12,14,22,27H,4,13,26H2. The fourth-order valence-corrected chi connectivity index (χ4v) is 3.59. The van der Waals surface area contributed by atoms with E-state index in [1.807, 2.05) is 60.7 Å². The quantitative estimate of drug-likeness (QED) is 0.676. The number of nitrogens with zero attached hydrogens (tertiary/aromatic N) is 1. The van der Waals surface area contributed by atoms with Crippen LogP contribution >= 0.6 is 0 Å². The lowest BCUT2D eigenvalue weighted by atomic mass is 9.81. The number of benzene rings is 3. The van der Waals surface area contributed by atoms with Crippen molar-refractivity contribution in [3.8, 4) is 23.7 Å². The summed E-state index contributed by atoms with van der Waals surface area (Å²) >= 11 is 0. The Kier molecular flexibility index (Phi) is 4.72. The average Bonchev–Trinajstić information content (AvgIpc) is 2.73. The molecule has 3 aromatic carbocycles. The van der Waals surface area contributed by atoms with Gasteiger partial charge in [-0.25, -0.2) is 0 Å². The van der Waals surface area contributed by atoms with Gasteiger partial charge in [0.25, 0.3) is 0 Å². The van der Waals surface area contributed by atoms with E-state index in [4.69, 9.17) is 15.6 Å². The van der Waals surface area contributed by atoms with Gasteiger partial charge in [0.15, 0.2) is 0 Å².